The first-order valence-electron chi connectivity index (χ1n) is 6.24. The molecule has 0 amide bonds. The molecule has 0 radical (unpaired) electrons. The Morgan fingerprint density at radius 2 is 1.65 bits per heavy atom. The van der Waals surface area contributed by atoms with Crippen LogP contribution < -0.4 is 9.47 Å². The molecule has 0 spiro atoms. The van der Waals surface area contributed by atoms with Crippen LogP contribution in [0.2, 0.25) is 0 Å². The van der Waals surface area contributed by atoms with E-state index in [4.69, 9.17) is 9.47 Å². The van der Waals surface area contributed by atoms with Crippen LogP contribution in [0.15, 0.2) is 54.6 Å². The first kappa shape index (κ1) is 13.9. The zero-order valence-corrected chi connectivity index (χ0v) is 11.5. The van der Waals surface area contributed by atoms with E-state index in [1.54, 1.807) is 44.6 Å². The largest absolute Gasteiger partial charge is 0.493 e. The molecule has 0 N–H and O–H groups in total. The van der Waals surface area contributed by atoms with Gasteiger partial charge in [-0.05, 0) is 29.8 Å². The Labute approximate surface area is 118 Å². The second-order valence-electron chi connectivity index (χ2n) is 4.18. The van der Waals surface area contributed by atoms with Gasteiger partial charge in [0.1, 0.15) is 0 Å². The van der Waals surface area contributed by atoms with Crippen LogP contribution in [0.3, 0.4) is 0 Å². The van der Waals surface area contributed by atoms with Gasteiger partial charge in [-0.2, -0.15) is 0 Å². The monoisotopic (exact) mass is 268 g/mol. The van der Waals surface area contributed by atoms with E-state index >= 15 is 0 Å². The van der Waals surface area contributed by atoms with Crippen molar-refractivity contribution in [2.24, 2.45) is 0 Å². The van der Waals surface area contributed by atoms with E-state index in [-0.39, 0.29) is 5.78 Å². The fraction of sp³-hybridized carbons (Fsp3) is 0.118. The third kappa shape index (κ3) is 3.26. The minimum atomic E-state index is -0.0743. The predicted molar refractivity (Wildman–Crippen MR) is 79.4 cm³/mol. The van der Waals surface area contributed by atoms with Crippen molar-refractivity contribution in [1.82, 2.24) is 0 Å². The molecular weight excluding hydrogens is 252 g/mol. The molecule has 3 nitrogen and oxygen atoms in total. The van der Waals surface area contributed by atoms with Crippen LogP contribution >= 0.6 is 0 Å². The molecule has 0 aromatic heterocycles. The van der Waals surface area contributed by atoms with E-state index in [9.17, 15) is 4.79 Å². The summed E-state index contributed by atoms with van der Waals surface area (Å²) < 4.78 is 10.3. The van der Waals surface area contributed by atoms with Crippen LogP contribution in [0.25, 0.3) is 6.08 Å². The molecule has 0 saturated heterocycles. The number of hydrogen-bond acceptors (Lipinski definition) is 3. The summed E-state index contributed by atoms with van der Waals surface area (Å²) in [7, 11) is 3.11. The third-order valence-corrected chi connectivity index (χ3v) is 2.89. The molecule has 0 unspecified atom stereocenters. The van der Waals surface area contributed by atoms with Crippen molar-refractivity contribution in [3.8, 4) is 11.5 Å². The average Bonchev–Trinajstić information content (AvgIpc) is 2.52. The van der Waals surface area contributed by atoms with Crippen LogP contribution in [0.1, 0.15) is 15.9 Å². The zero-order chi connectivity index (χ0) is 14.4. The maximum atomic E-state index is 12.1. The molecule has 0 bridgehead atoms. The van der Waals surface area contributed by atoms with E-state index in [1.807, 2.05) is 30.3 Å². The quantitative estimate of drug-likeness (QED) is 0.614. The number of ketones is 1. The molecule has 2 aromatic carbocycles. The number of carbonyl (C=O) groups excluding carboxylic acids is 1. The van der Waals surface area contributed by atoms with Crippen molar-refractivity contribution in [3.63, 3.8) is 0 Å². The summed E-state index contributed by atoms with van der Waals surface area (Å²) in [5.74, 6) is 1.08. The Kier molecular flexibility index (Phi) is 4.56. The summed E-state index contributed by atoms with van der Waals surface area (Å²) in [4.78, 5) is 12.1. The topological polar surface area (TPSA) is 35.5 Å². The number of hydrogen-bond donors (Lipinski definition) is 0. The lowest BCUT2D eigenvalue weighted by molar-refractivity contribution is 0.104. The van der Waals surface area contributed by atoms with Crippen LogP contribution in [0, 0.1) is 0 Å². The van der Waals surface area contributed by atoms with E-state index in [0.717, 1.165) is 5.56 Å². The molecule has 0 atom stereocenters. The summed E-state index contributed by atoms with van der Waals surface area (Å²) in [6.07, 6.45) is 3.34. The van der Waals surface area contributed by atoms with Crippen LogP contribution in [-0.4, -0.2) is 20.0 Å². The average molecular weight is 268 g/mol. The van der Waals surface area contributed by atoms with Crippen LogP contribution in [0.4, 0.5) is 0 Å². The van der Waals surface area contributed by atoms with Crippen molar-refractivity contribution < 1.29 is 14.3 Å². The number of allylic oxidation sites excluding steroid dienone is 1. The molecule has 0 aliphatic carbocycles. The van der Waals surface area contributed by atoms with Crippen molar-refractivity contribution in [3.05, 3.63) is 65.7 Å². The Balaban J connectivity index is 2.19. The smallest absolute Gasteiger partial charge is 0.185 e. The van der Waals surface area contributed by atoms with Gasteiger partial charge in [-0.1, -0.05) is 36.4 Å². The van der Waals surface area contributed by atoms with Crippen LogP contribution in [-0.2, 0) is 0 Å². The summed E-state index contributed by atoms with van der Waals surface area (Å²) in [5, 5.41) is 0. The second kappa shape index (κ2) is 6.57. The van der Waals surface area contributed by atoms with E-state index in [0.29, 0.717) is 17.1 Å². The molecule has 0 fully saturated rings. The number of benzene rings is 2. The lowest BCUT2D eigenvalue weighted by Gasteiger charge is -2.07. The zero-order valence-electron chi connectivity index (χ0n) is 11.5. The van der Waals surface area contributed by atoms with Gasteiger partial charge in [0, 0.05) is 5.56 Å². The highest BCUT2D eigenvalue weighted by Crippen LogP contribution is 2.27. The molecule has 0 heterocycles. The van der Waals surface area contributed by atoms with E-state index in [1.165, 1.54) is 0 Å². The highest BCUT2D eigenvalue weighted by Gasteiger charge is 2.08. The maximum absolute atomic E-state index is 12.1. The SMILES string of the molecule is COc1ccc(C(=O)C=Cc2ccccc2)cc1OC. The molecule has 2 aromatic rings. The molecule has 102 valence electrons. The number of carbonyl (C=O) groups is 1. The molecule has 0 aliphatic heterocycles. The normalized spacial score (nSPS) is 10.5. The third-order valence-electron chi connectivity index (χ3n) is 2.89. The first-order valence-corrected chi connectivity index (χ1v) is 6.24. The van der Waals surface area contributed by atoms with Gasteiger partial charge in [-0.25, -0.2) is 0 Å². The second-order valence-corrected chi connectivity index (χ2v) is 4.18. The number of rotatable bonds is 5. The Hall–Kier alpha value is -2.55. The van der Waals surface area contributed by atoms with Gasteiger partial charge in [-0.15, -0.1) is 0 Å². The molecule has 3 heteroatoms. The number of methoxy groups -OCH3 is 2. The minimum Gasteiger partial charge on any atom is -0.493 e. The molecule has 20 heavy (non-hydrogen) atoms. The van der Waals surface area contributed by atoms with Crippen molar-refractivity contribution in [2.45, 2.75) is 0 Å². The van der Waals surface area contributed by atoms with E-state index in [2.05, 4.69) is 0 Å². The lowest BCUT2D eigenvalue weighted by atomic mass is 10.1. The van der Waals surface area contributed by atoms with E-state index < -0.39 is 0 Å². The van der Waals surface area contributed by atoms with Gasteiger partial charge in [0.15, 0.2) is 17.3 Å². The Bertz CT molecular complexity index is 615. The van der Waals surface area contributed by atoms with Crippen molar-refractivity contribution >= 4 is 11.9 Å². The molecule has 0 aliphatic rings. The summed E-state index contributed by atoms with van der Waals surface area (Å²) in [5.41, 5.74) is 1.55. The standard InChI is InChI=1S/C17H16O3/c1-19-16-11-9-14(12-17(16)20-2)15(18)10-8-13-6-4-3-5-7-13/h3-12H,1-2H3. The first-order chi connectivity index (χ1) is 9.74. The summed E-state index contributed by atoms with van der Waals surface area (Å²) >= 11 is 0. The van der Waals surface area contributed by atoms with Gasteiger partial charge in [0.2, 0.25) is 0 Å². The maximum Gasteiger partial charge on any atom is 0.185 e. The van der Waals surface area contributed by atoms with Gasteiger partial charge < -0.3 is 9.47 Å². The lowest BCUT2D eigenvalue weighted by Crippen LogP contribution is -1.97. The molecule has 0 saturated carbocycles. The van der Waals surface area contributed by atoms with Gasteiger partial charge in [0.25, 0.3) is 0 Å². The summed E-state index contributed by atoms with van der Waals surface area (Å²) in [6, 6.07) is 14.8. The highest BCUT2D eigenvalue weighted by molar-refractivity contribution is 6.07. The fourth-order valence-electron chi connectivity index (χ4n) is 1.82. The van der Waals surface area contributed by atoms with Crippen molar-refractivity contribution in [2.75, 3.05) is 14.2 Å². The molecular formula is C17H16O3. The minimum absolute atomic E-state index is 0.0743. The van der Waals surface area contributed by atoms with Gasteiger partial charge in [-0.3, -0.25) is 4.79 Å². The Morgan fingerprint density at radius 3 is 2.30 bits per heavy atom. The van der Waals surface area contributed by atoms with Crippen molar-refractivity contribution in [1.29, 1.82) is 0 Å². The number of ether oxygens (including phenoxy) is 2. The summed E-state index contributed by atoms with van der Waals surface area (Å²) in [6.45, 7) is 0. The van der Waals surface area contributed by atoms with Gasteiger partial charge in [0.05, 0.1) is 14.2 Å². The Morgan fingerprint density at radius 1 is 0.950 bits per heavy atom. The van der Waals surface area contributed by atoms with Crippen LogP contribution in [0.5, 0.6) is 11.5 Å². The van der Waals surface area contributed by atoms with Gasteiger partial charge >= 0.3 is 0 Å². The predicted octanol–water partition coefficient (Wildman–Crippen LogP) is 3.60. The fourth-order valence-corrected chi connectivity index (χ4v) is 1.82. The highest BCUT2D eigenvalue weighted by atomic mass is 16.5. The molecule has 2 rings (SSSR count).